The Morgan fingerprint density at radius 3 is 2.53 bits per heavy atom. The summed E-state index contributed by atoms with van der Waals surface area (Å²) in [6.45, 7) is 2.13. The zero-order chi connectivity index (χ0) is 14.1. The number of nitrogens with one attached hydrogen (secondary N) is 2. The van der Waals surface area contributed by atoms with Crippen LogP contribution in [0.25, 0.3) is 0 Å². The van der Waals surface area contributed by atoms with Crippen LogP contribution in [0.15, 0.2) is 30.3 Å². The third kappa shape index (κ3) is 6.81. The molecular formula is C13H20N2O3S. The van der Waals surface area contributed by atoms with Gasteiger partial charge in [0.1, 0.15) is 0 Å². The molecule has 0 spiro atoms. The maximum absolute atomic E-state index is 11.7. The second-order valence-electron chi connectivity index (χ2n) is 4.24. The van der Waals surface area contributed by atoms with Crippen LogP contribution in [0.2, 0.25) is 0 Å². The molecular weight excluding hydrogens is 264 g/mol. The van der Waals surface area contributed by atoms with Crippen molar-refractivity contribution in [1.29, 1.82) is 0 Å². The van der Waals surface area contributed by atoms with Crippen LogP contribution in [-0.2, 0) is 14.8 Å². The first-order valence-electron chi connectivity index (χ1n) is 6.36. The summed E-state index contributed by atoms with van der Waals surface area (Å²) in [6.07, 6.45) is 2.21. The largest absolute Gasteiger partial charge is 0.355 e. The van der Waals surface area contributed by atoms with Gasteiger partial charge in [0, 0.05) is 18.7 Å². The average molecular weight is 284 g/mol. The fourth-order valence-corrected chi connectivity index (χ4v) is 2.46. The molecule has 0 saturated heterocycles. The van der Waals surface area contributed by atoms with Crippen LogP contribution in [-0.4, -0.2) is 26.6 Å². The van der Waals surface area contributed by atoms with Gasteiger partial charge in [0.25, 0.3) is 0 Å². The normalized spacial score (nSPS) is 11.0. The molecule has 106 valence electrons. The van der Waals surface area contributed by atoms with Crippen LogP contribution < -0.4 is 10.0 Å². The number of anilines is 1. The third-order valence-electron chi connectivity index (χ3n) is 2.50. The molecule has 1 aromatic rings. The smallest absolute Gasteiger partial charge is 0.234 e. The second-order valence-corrected chi connectivity index (χ2v) is 6.08. The topological polar surface area (TPSA) is 75.3 Å². The van der Waals surface area contributed by atoms with E-state index in [1.807, 2.05) is 13.0 Å². The highest BCUT2D eigenvalue weighted by molar-refractivity contribution is 7.92. The van der Waals surface area contributed by atoms with Gasteiger partial charge in [-0.15, -0.1) is 0 Å². The Morgan fingerprint density at radius 1 is 1.21 bits per heavy atom. The Morgan fingerprint density at radius 2 is 1.89 bits per heavy atom. The number of amides is 1. The molecule has 19 heavy (non-hydrogen) atoms. The van der Waals surface area contributed by atoms with Gasteiger partial charge in [-0.2, -0.15) is 0 Å². The molecule has 6 heteroatoms. The number of para-hydroxylation sites is 1. The molecule has 0 saturated carbocycles. The summed E-state index contributed by atoms with van der Waals surface area (Å²) in [5, 5.41) is 2.60. The first kappa shape index (κ1) is 15.5. The molecule has 1 amide bonds. The maximum atomic E-state index is 11.7. The van der Waals surface area contributed by atoms with E-state index in [9.17, 15) is 13.2 Å². The molecule has 0 aliphatic carbocycles. The van der Waals surface area contributed by atoms with E-state index in [0.717, 1.165) is 12.8 Å². The van der Waals surface area contributed by atoms with E-state index in [4.69, 9.17) is 0 Å². The van der Waals surface area contributed by atoms with E-state index in [0.29, 0.717) is 12.1 Å². The SMILES string of the molecule is CCCCC(=O)NCCS(=O)(=O)Nc1ccccc1. The fraction of sp³-hybridized carbons (Fsp3) is 0.462. The zero-order valence-corrected chi connectivity index (χ0v) is 11.9. The van der Waals surface area contributed by atoms with Crippen molar-refractivity contribution in [3.05, 3.63) is 30.3 Å². The first-order valence-corrected chi connectivity index (χ1v) is 8.01. The summed E-state index contributed by atoms with van der Waals surface area (Å²) in [7, 11) is -3.42. The van der Waals surface area contributed by atoms with Crippen molar-refractivity contribution >= 4 is 21.6 Å². The predicted molar refractivity (Wildman–Crippen MR) is 76.4 cm³/mol. The predicted octanol–water partition coefficient (Wildman–Crippen LogP) is 1.73. The molecule has 0 aromatic heterocycles. The second kappa shape index (κ2) is 7.78. The number of benzene rings is 1. The van der Waals surface area contributed by atoms with E-state index in [1.165, 1.54) is 0 Å². The summed E-state index contributed by atoms with van der Waals surface area (Å²) in [5.74, 6) is -0.225. The van der Waals surface area contributed by atoms with Crippen LogP contribution >= 0.6 is 0 Å². The zero-order valence-electron chi connectivity index (χ0n) is 11.1. The summed E-state index contributed by atoms with van der Waals surface area (Å²) in [4.78, 5) is 11.3. The quantitative estimate of drug-likeness (QED) is 0.763. The van der Waals surface area contributed by atoms with Gasteiger partial charge in [-0.1, -0.05) is 31.5 Å². The van der Waals surface area contributed by atoms with Crippen molar-refractivity contribution in [3.63, 3.8) is 0 Å². The molecule has 1 rings (SSSR count). The van der Waals surface area contributed by atoms with Crippen molar-refractivity contribution in [3.8, 4) is 0 Å². The fourth-order valence-electron chi connectivity index (χ4n) is 1.49. The Balaban J connectivity index is 2.33. The molecule has 0 atom stereocenters. The lowest BCUT2D eigenvalue weighted by Crippen LogP contribution is -2.31. The lowest BCUT2D eigenvalue weighted by Gasteiger charge is -2.08. The molecule has 2 N–H and O–H groups in total. The Labute approximate surface area is 114 Å². The van der Waals surface area contributed by atoms with Crippen LogP contribution in [0.3, 0.4) is 0 Å². The molecule has 0 aliphatic heterocycles. The van der Waals surface area contributed by atoms with Gasteiger partial charge < -0.3 is 5.32 Å². The minimum atomic E-state index is -3.42. The molecule has 1 aromatic carbocycles. The lowest BCUT2D eigenvalue weighted by atomic mass is 10.2. The Bertz CT molecular complexity index is 486. The standard InChI is InChI=1S/C13H20N2O3S/c1-2-3-9-13(16)14-10-11-19(17,18)15-12-7-5-4-6-8-12/h4-8,15H,2-3,9-11H2,1H3,(H,14,16). The number of rotatable bonds is 8. The Hall–Kier alpha value is -1.56. The number of carbonyl (C=O) groups is 1. The summed E-state index contributed by atoms with van der Waals surface area (Å²) in [5.41, 5.74) is 0.528. The van der Waals surface area contributed by atoms with E-state index in [1.54, 1.807) is 24.3 Å². The number of hydrogen-bond donors (Lipinski definition) is 2. The summed E-state index contributed by atoms with van der Waals surface area (Å²) < 4.78 is 25.9. The van der Waals surface area contributed by atoms with E-state index in [2.05, 4.69) is 10.0 Å². The number of carbonyl (C=O) groups excluding carboxylic acids is 1. The number of hydrogen-bond acceptors (Lipinski definition) is 3. The van der Waals surface area contributed by atoms with Gasteiger partial charge in [-0.3, -0.25) is 9.52 Å². The highest BCUT2D eigenvalue weighted by Gasteiger charge is 2.10. The first-order chi connectivity index (χ1) is 9.03. The van der Waals surface area contributed by atoms with Gasteiger partial charge >= 0.3 is 0 Å². The number of unbranched alkanes of at least 4 members (excludes halogenated alkanes) is 1. The van der Waals surface area contributed by atoms with E-state index < -0.39 is 10.0 Å². The molecule has 0 radical (unpaired) electrons. The molecule has 0 heterocycles. The van der Waals surface area contributed by atoms with Crippen molar-refractivity contribution in [2.75, 3.05) is 17.0 Å². The summed E-state index contributed by atoms with van der Waals surface area (Å²) in [6, 6.07) is 8.68. The molecule has 0 unspecified atom stereocenters. The lowest BCUT2D eigenvalue weighted by molar-refractivity contribution is -0.121. The van der Waals surface area contributed by atoms with Crippen LogP contribution in [0.4, 0.5) is 5.69 Å². The molecule has 0 bridgehead atoms. The van der Waals surface area contributed by atoms with Crippen molar-refractivity contribution in [2.45, 2.75) is 26.2 Å². The Kier molecular flexibility index (Phi) is 6.35. The van der Waals surface area contributed by atoms with E-state index in [-0.39, 0.29) is 18.2 Å². The third-order valence-corrected chi connectivity index (χ3v) is 3.79. The average Bonchev–Trinajstić information content (AvgIpc) is 2.36. The van der Waals surface area contributed by atoms with Gasteiger partial charge in [0.2, 0.25) is 15.9 Å². The van der Waals surface area contributed by atoms with Gasteiger partial charge in [-0.25, -0.2) is 8.42 Å². The van der Waals surface area contributed by atoms with Gasteiger partial charge in [0.05, 0.1) is 5.75 Å². The van der Waals surface area contributed by atoms with Crippen LogP contribution in [0.5, 0.6) is 0 Å². The van der Waals surface area contributed by atoms with Crippen LogP contribution in [0, 0.1) is 0 Å². The highest BCUT2D eigenvalue weighted by atomic mass is 32.2. The molecule has 5 nitrogen and oxygen atoms in total. The van der Waals surface area contributed by atoms with Crippen molar-refractivity contribution < 1.29 is 13.2 Å². The highest BCUT2D eigenvalue weighted by Crippen LogP contribution is 2.07. The number of sulfonamides is 1. The van der Waals surface area contributed by atoms with Crippen molar-refractivity contribution in [2.24, 2.45) is 0 Å². The molecule has 0 fully saturated rings. The van der Waals surface area contributed by atoms with Gasteiger partial charge in [-0.05, 0) is 18.6 Å². The van der Waals surface area contributed by atoms with E-state index >= 15 is 0 Å². The maximum Gasteiger partial charge on any atom is 0.234 e. The van der Waals surface area contributed by atoms with Gasteiger partial charge in [0.15, 0.2) is 0 Å². The minimum absolute atomic E-state index is 0.100. The molecule has 0 aliphatic rings. The monoisotopic (exact) mass is 284 g/mol. The summed E-state index contributed by atoms with van der Waals surface area (Å²) >= 11 is 0. The minimum Gasteiger partial charge on any atom is -0.355 e. The van der Waals surface area contributed by atoms with Crippen molar-refractivity contribution in [1.82, 2.24) is 5.32 Å². The van der Waals surface area contributed by atoms with Crippen LogP contribution in [0.1, 0.15) is 26.2 Å².